The summed E-state index contributed by atoms with van der Waals surface area (Å²) >= 11 is 1.60. The van der Waals surface area contributed by atoms with Gasteiger partial charge in [-0.15, -0.1) is 11.8 Å². The van der Waals surface area contributed by atoms with Crippen molar-refractivity contribution < 1.29 is 4.42 Å². The monoisotopic (exact) mass is 263 g/mol. The first kappa shape index (κ1) is 13.0. The van der Waals surface area contributed by atoms with Gasteiger partial charge in [-0.1, -0.05) is 20.8 Å². The predicted molar refractivity (Wildman–Crippen MR) is 73.4 cm³/mol. The third-order valence-electron chi connectivity index (χ3n) is 2.45. The van der Waals surface area contributed by atoms with Crippen LogP contribution in [0.3, 0.4) is 0 Å². The molecule has 5 heteroatoms. The van der Waals surface area contributed by atoms with Gasteiger partial charge in [0, 0.05) is 16.5 Å². The van der Waals surface area contributed by atoms with Crippen LogP contribution in [0.2, 0.25) is 0 Å². The van der Waals surface area contributed by atoms with E-state index in [0.717, 1.165) is 16.5 Å². The zero-order valence-electron chi connectivity index (χ0n) is 10.8. The number of anilines is 1. The van der Waals surface area contributed by atoms with E-state index in [1.54, 1.807) is 30.4 Å². The van der Waals surface area contributed by atoms with Crippen molar-refractivity contribution in [1.29, 1.82) is 0 Å². The maximum absolute atomic E-state index is 5.82. The lowest BCUT2D eigenvalue weighted by Crippen LogP contribution is -2.09. The van der Waals surface area contributed by atoms with E-state index in [1.807, 2.05) is 6.07 Å². The van der Waals surface area contributed by atoms with Crippen LogP contribution in [-0.2, 0) is 11.2 Å². The average molecular weight is 263 g/mol. The number of nitrogens with two attached hydrogens (primary N) is 1. The molecule has 0 amide bonds. The Balaban J connectivity index is 2.03. The smallest absolute Gasteiger partial charge is 0.204 e. The minimum Gasteiger partial charge on any atom is -0.444 e. The lowest BCUT2D eigenvalue weighted by atomic mass is 9.94. The van der Waals surface area contributed by atoms with Crippen molar-refractivity contribution in [3.05, 3.63) is 36.3 Å². The Morgan fingerprint density at radius 1 is 1.33 bits per heavy atom. The summed E-state index contributed by atoms with van der Waals surface area (Å²) in [7, 11) is 0. The Morgan fingerprint density at radius 2 is 2.11 bits per heavy atom. The number of rotatable bonds is 3. The molecule has 0 saturated heterocycles. The normalized spacial score (nSPS) is 11.7. The molecule has 0 bridgehead atoms. The van der Waals surface area contributed by atoms with E-state index in [9.17, 15) is 0 Å². The minimum atomic E-state index is -0.00832. The second kappa shape index (κ2) is 5.02. The maximum Gasteiger partial charge on any atom is 0.204 e. The van der Waals surface area contributed by atoms with Crippen LogP contribution in [0, 0.1) is 0 Å². The van der Waals surface area contributed by atoms with Crippen LogP contribution in [0.5, 0.6) is 0 Å². The van der Waals surface area contributed by atoms with Crippen molar-refractivity contribution in [2.75, 3.05) is 5.73 Å². The number of thioether (sulfide) groups is 1. The van der Waals surface area contributed by atoms with E-state index in [1.165, 1.54) is 0 Å². The highest BCUT2D eigenvalue weighted by Gasteiger charge is 2.19. The molecule has 4 nitrogen and oxygen atoms in total. The molecule has 0 atom stereocenters. The molecular weight excluding hydrogens is 246 g/mol. The first-order valence-electron chi connectivity index (χ1n) is 5.74. The van der Waals surface area contributed by atoms with Gasteiger partial charge in [-0.3, -0.25) is 4.98 Å². The van der Waals surface area contributed by atoms with Gasteiger partial charge in [-0.25, -0.2) is 4.98 Å². The number of nitrogens with zero attached hydrogens (tertiary/aromatic N) is 2. The van der Waals surface area contributed by atoms with Crippen LogP contribution in [0.1, 0.15) is 32.4 Å². The van der Waals surface area contributed by atoms with Crippen LogP contribution in [0.25, 0.3) is 0 Å². The summed E-state index contributed by atoms with van der Waals surface area (Å²) in [6.07, 6.45) is 5.18. The fourth-order valence-electron chi connectivity index (χ4n) is 1.39. The highest BCUT2D eigenvalue weighted by Crippen LogP contribution is 2.29. The van der Waals surface area contributed by atoms with Crippen molar-refractivity contribution in [2.24, 2.45) is 0 Å². The van der Waals surface area contributed by atoms with E-state index in [-0.39, 0.29) is 5.41 Å². The number of oxazole rings is 1. The predicted octanol–water partition coefficient (Wildman–Crippen LogP) is 3.24. The lowest BCUT2D eigenvalue weighted by Gasteiger charge is -2.13. The Kier molecular flexibility index (Phi) is 3.61. The first-order valence-corrected chi connectivity index (χ1v) is 6.73. The Bertz CT molecular complexity index is 531. The lowest BCUT2D eigenvalue weighted by molar-refractivity contribution is 0.391. The summed E-state index contributed by atoms with van der Waals surface area (Å²) in [6, 6.07) is 1.90. The van der Waals surface area contributed by atoms with E-state index in [2.05, 4.69) is 30.7 Å². The molecule has 0 saturated carbocycles. The molecular formula is C13H17N3OS. The summed E-state index contributed by atoms with van der Waals surface area (Å²) in [4.78, 5) is 9.24. The summed E-state index contributed by atoms with van der Waals surface area (Å²) in [5.74, 6) is 2.30. The van der Waals surface area contributed by atoms with Crippen LogP contribution in [-0.4, -0.2) is 9.97 Å². The molecule has 2 rings (SSSR count). The van der Waals surface area contributed by atoms with E-state index in [4.69, 9.17) is 10.2 Å². The van der Waals surface area contributed by atoms with E-state index < -0.39 is 0 Å². The molecule has 2 heterocycles. The molecule has 96 valence electrons. The summed E-state index contributed by atoms with van der Waals surface area (Å²) in [5.41, 5.74) is 6.50. The van der Waals surface area contributed by atoms with Crippen LogP contribution < -0.4 is 5.73 Å². The van der Waals surface area contributed by atoms with Crippen molar-refractivity contribution in [1.82, 2.24) is 9.97 Å². The number of hydrogen-bond donors (Lipinski definition) is 1. The summed E-state index contributed by atoms with van der Waals surface area (Å²) in [5, 5.41) is 0. The molecule has 0 aliphatic carbocycles. The maximum atomic E-state index is 5.82. The second-order valence-electron chi connectivity index (χ2n) is 5.07. The van der Waals surface area contributed by atoms with Gasteiger partial charge < -0.3 is 10.2 Å². The molecule has 0 aromatic carbocycles. The average Bonchev–Trinajstić information content (AvgIpc) is 2.76. The van der Waals surface area contributed by atoms with Crippen molar-refractivity contribution >= 4 is 17.4 Å². The molecule has 0 radical (unpaired) electrons. The van der Waals surface area contributed by atoms with Gasteiger partial charge in [0.05, 0.1) is 23.8 Å². The van der Waals surface area contributed by atoms with Gasteiger partial charge in [-0.05, 0) is 6.07 Å². The molecule has 2 aromatic heterocycles. The van der Waals surface area contributed by atoms with Crippen LogP contribution >= 0.6 is 11.8 Å². The fourth-order valence-corrected chi connectivity index (χ4v) is 2.18. The van der Waals surface area contributed by atoms with Crippen LogP contribution in [0.15, 0.2) is 34.0 Å². The Hall–Kier alpha value is -1.49. The molecule has 0 aliphatic rings. The number of hydrogen-bond acceptors (Lipinski definition) is 5. The first-order chi connectivity index (χ1) is 8.47. The molecule has 0 fully saturated rings. The van der Waals surface area contributed by atoms with E-state index in [0.29, 0.717) is 11.4 Å². The van der Waals surface area contributed by atoms with Gasteiger partial charge >= 0.3 is 0 Å². The zero-order valence-corrected chi connectivity index (χ0v) is 11.6. The van der Waals surface area contributed by atoms with E-state index >= 15 is 0 Å². The number of nitrogen functional groups attached to an aromatic ring is 1. The van der Waals surface area contributed by atoms with Gasteiger partial charge in [0.2, 0.25) is 5.89 Å². The Morgan fingerprint density at radius 3 is 2.72 bits per heavy atom. The number of aromatic nitrogens is 2. The van der Waals surface area contributed by atoms with Crippen molar-refractivity contribution in [3.8, 4) is 0 Å². The van der Waals surface area contributed by atoms with Gasteiger partial charge in [-0.2, -0.15) is 0 Å². The van der Waals surface area contributed by atoms with Crippen LogP contribution in [0.4, 0.5) is 5.69 Å². The summed E-state index contributed by atoms with van der Waals surface area (Å²) < 4.78 is 5.72. The SMILES string of the molecule is CC(C)(C)c1cnc(CSc2ccncc2N)o1. The molecule has 18 heavy (non-hydrogen) atoms. The van der Waals surface area contributed by atoms with Gasteiger partial charge in [0.1, 0.15) is 5.76 Å². The molecule has 0 aliphatic heterocycles. The quantitative estimate of drug-likeness (QED) is 0.861. The third-order valence-corrected chi connectivity index (χ3v) is 3.53. The second-order valence-corrected chi connectivity index (χ2v) is 6.09. The summed E-state index contributed by atoms with van der Waals surface area (Å²) in [6.45, 7) is 6.31. The number of pyridine rings is 1. The molecule has 2 N–H and O–H groups in total. The van der Waals surface area contributed by atoms with Crippen molar-refractivity contribution in [2.45, 2.75) is 36.8 Å². The molecule has 0 unspecified atom stereocenters. The van der Waals surface area contributed by atoms with Gasteiger partial charge in [0.25, 0.3) is 0 Å². The largest absolute Gasteiger partial charge is 0.444 e. The standard InChI is InChI=1S/C13H17N3OS/c1-13(2,3)11-7-16-12(17-11)8-18-10-4-5-15-6-9(10)14/h4-7H,8,14H2,1-3H3. The van der Waals surface area contributed by atoms with Gasteiger partial charge in [0.15, 0.2) is 0 Å². The topological polar surface area (TPSA) is 64.9 Å². The highest BCUT2D eigenvalue weighted by atomic mass is 32.2. The molecule has 2 aromatic rings. The zero-order chi connectivity index (χ0) is 13.2. The third kappa shape index (κ3) is 3.04. The Labute approximate surface area is 111 Å². The molecule has 0 spiro atoms. The van der Waals surface area contributed by atoms with Crippen molar-refractivity contribution in [3.63, 3.8) is 0 Å². The minimum absolute atomic E-state index is 0.00832. The fraction of sp³-hybridized carbons (Fsp3) is 0.385. The highest BCUT2D eigenvalue weighted by molar-refractivity contribution is 7.98.